The highest BCUT2D eigenvalue weighted by molar-refractivity contribution is 7.85. The summed E-state index contributed by atoms with van der Waals surface area (Å²) in [5.41, 5.74) is 0. The smallest absolute Gasteiger partial charge is 0.308 e. The van der Waals surface area contributed by atoms with Crippen LogP contribution in [0.2, 0.25) is 0 Å². The van der Waals surface area contributed by atoms with Gasteiger partial charge in [0.1, 0.15) is 12.4 Å². The van der Waals surface area contributed by atoms with Gasteiger partial charge in [-0.3, -0.25) is 14.1 Å². The Hall–Kier alpha value is -1.15. The average Bonchev–Trinajstić information content (AvgIpc) is 2.27. The van der Waals surface area contributed by atoms with Crippen molar-refractivity contribution < 1.29 is 32.4 Å². The minimum Gasteiger partial charge on any atom is -0.481 e. The van der Waals surface area contributed by atoms with E-state index in [-0.39, 0.29) is 6.42 Å². The van der Waals surface area contributed by atoms with Gasteiger partial charge in [0.2, 0.25) is 0 Å². The molecule has 7 nitrogen and oxygen atoms in total. The van der Waals surface area contributed by atoms with E-state index in [1.165, 1.54) is 0 Å². The van der Waals surface area contributed by atoms with Gasteiger partial charge >= 0.3 is 11.9 Å². The first-order valence-corrected chi connectivity index (χ1v) is 7.25. The third-order valence-corrected chi connectivity index (χ3v) is 3.62. The van der Waals surface area contributed by atoms with Crippen molar-refractivity contribution in [3.8, 4) is 0 Å². The monoisotopic (exact) mass is 280 g/mol. The molecule has 1 rings (SSSR count). The van der Waals surface area contributed by atoms with Crippen LogP contribution in [0.1, 0.15) is 25.7 Å². The standard InChI is InChI=1S/C10H16O7S/c11-9(12)7-2-1-3-8(6-7)10(13)17-4-5-18(14,15)16/h7-8H,1-6H2,(H,11,12)(H,14,15,16). The summed E-state index contributed by atoms with van der Waals surface area (Å²) >= 11 is 0. The maximum Gasteiger partial charge on any atom is 0.308 e. The van der Waals surface area contributed by atoms with Crippen LogP contribution in [0.4, 0.5) is 0 Å². The van der Waals surface area contributed by atoms with Crippen LogP contribution >= 0.6 is 0 Å². The molecule has 0 aromatic carbocycles. The molecule has 18 heavy (non-hydrogen) atoms. The molecule has 2 unspecified atom stereocenters. The SMILES string of the molecule is O=C(O)C1CCCC(C(=O)OCCS(=O)(=O)O)C1. The van der Waals surface area contributed by atoms with Crippen molar-refractivity contribution in [3.63, 3.8) is 0 Å². The first-order chi connectivity index (χ1) is 8.29. The lowest BCUT2D eigenvalue weighted by Gasteiger charge is -2.24. The molecule has 0 amide bonds. The molecule has 1 fully saturated rings. The number of esters is 1. The van der Waals surface area contributed by atoms with Gasteiger partial charge in [-0.15, -0.1) is 0 Å². The summed E-state index contributed by atoms with van der Waals surface area (Å²) in [5, 5.41) is 8.86. The highest BCUT2D eigenvalue weighted by atomic mass is 32.2. The van der Waals surface area contributed by atoms with Crippen molar-refractivity contribution in [1.82, 2.24) is 0 Å². The molecule has 0 aromatic rings. The summed E-state index contributed by atoms with van der Waals surface area (Å²) in [7, 11) is -4.15. The van der Waals surface area contributed by atoms with E-state index < -0.39 is 46.3 Å². The maximum absolute atomic E-state index is 11.6. The lowest BCUT2D eigenvalue weighted by atomic mass is 9.81. The zero-order valence-corrected chi connectivity index (χ0v) is 10.6. The van der Waals surface area contributed by atoms with E-state index in [0.29, 0.717) is 19.3 Å². The van der Waals surface area contributed by atoms with Crippen LogP contribution < -0.4 is 0 Å². The number of aliphatic carboxylic acids is 1. The molecule has 0 aromatic heterocycles. The Labute approximate surface area is 105 Å². The van der Waals surface area contributed by atoms with Crippen molar-refractivity contribution in [2.75, 3.05) is 12.4 Å². The normalized spacial score (nSPS) is 24.5. The van der Waals surface area contributed by atoms with Gasteiger partial charge in [-0.2, -0.15) is 8.42 Å². The third kappa shape index (κ3) is 5.01. The van der Waals surface area contributed by atoms with Crippen molar-refractivity contribution in [1.29, 1.82) is 0 Å². The van der Waals surface area contributed by atoms with Crippen LogP contribution in [0, 0.1) is 11.8 Å². The first-order valence-electron chi connectivity index (χ1n) is 5.64. The molecule has 0 heterocycles. The predicted molar refractivity (Wildman–Crippen MR) is 60.5 cm³/mol. The number of ether oxygens (including phenoxy) is 1. The van der Waals surface area contributed by atoms with E-state index in [1.54, 1.807) is 0 Å². The Balaban J connectivity index is 2.39. The molecular weight excluding hydrogens is 264 g/mol. The van der Waals surface area contributed by atoms with Gasteiger partial charge in [-0.1, -0.05) is 6.42 Å². The first kappa shape index (κ1) is 14.9. The molecule has 1 aliphatic carbocycles. The fourth-order valence-electron chi connectivity index (χ4n) is 1.99. The highest BCUT2D eigenvalue weighted by Gasteiger charge is 2.31. The molecule has 0 bridgehead atoms. The lowest BCUT2D eigenvalue weighted by Crippen LogP contribution is -2.29. The number of carbonyl (C=O) groups excluding carboxylic acids is 1. The van der Waals surface area contributed by atoms with Gasteiger partial charge in [-0.25, -0.2) is 0 Å². The van der Waals surface area contributed by atoms with Gasteiger partial charge in [0.25, 0.3) is 10.1 Å². The van der Waals surface area contributed by atoms with Crippen molar-refractivity contribution in [2.24, 2.45) is 11.8 Å². The molecule has 0 saturated heterocycles. The minimum absolute atomic E-state index is 0.222. The lowest BCUT2D eigenvalue weighted by molar-refractivity contribution is -0.151. The van der Waals surface area contributed by atoms with Gasteiger partial charge in [-0.05, 0) is 19.3 Å². The van der Waals surface area contributed by atoms with E-state index in [1.807, 2.05) is 0 Å². The molecule has 0 radical (unpaired) electrons. The Bertz CT molecular complexity index is 414. The van der Waals surface area contributed by atoms with Gasteiger partial charge in [0.15, 0.2) is 0 Å². The van der Waals surface area contributed by atoms with Crippen molar-refractivity contribution in [3.05, 3.63) is 0 Å². The van der Waals surface area contributed by atoms with E-state index in [0.717, 1.165) is 0 Å². The van der Waals surface area contributed by atoms with E-state index in [9.17, 15) is 18.0 Å². The zero-order chi connectivity index (χ0) is 13.8. The minimum atomic E-state index is -4.15. The third-order valence-electron chi connectivity index (χ3n) is 2.94. The molecule has 8 heteroatoms. The molecule has 0 aliphatic heterocycles. The molecule has 1 aliphatic rings. The van der Waals surface area contributed by atoms with Crippen LogP contribution in [0.3, 0.4) is 0 Å². The van der Waals surface area contributed by atoms with Crippen LogP contribution in [0.5, 0.6) is 0 Å². The van der Waals surface area contributed by atoms with Crippen LogP contribution in [-0.2, 0) is 24.4 Å². The number of carboxylic acids is 1. The molecule has 1 saturated carbocycles. The van der Waals surface area contributed by atoms with Gasteiger partial charge in [0.05, 0.1) is 11.8 Å². The number of carboxylic acid groups (broad SMARTS) is 1. The molecule has 104 valence electrons. The fourth-order valence-corrected chi connectivity index (χ4v) is 2.29. The largest absolute Gasteiger partial charge is 0.481 e. The predicted octanol–water partition coefficient (Wildman–Crippen LogP) is 0.308. The summed E-state index contributed by atoms with van der Waals surface area (Å²) in [6.07, 6.45) is 1.95. The maximum atomic E-state index is 11.6. The Morgan fingerprint density at radius 3 is 2.39 bits per heavy atom. The number of rotatable bonds is 5. The Kier molecular flexibility index (Phi) is 5.09. The summed E-state index contributed by atoms with van der Waals surface area (Å²) < 4.78 is 34.0. The van der Waals surface area contributed by atoms with Crippen LogP contribution in [-0.4, -0.2) is 42.4 Å². The second-order valence-corrected chi connectivity index (χ2v) is 5.92. The Morgan fingerprint density at radius 2 is 1.83 bits per heavy atom. The number of carbonyl (C=O) groups is 2. The van der Waals surface area contributed by atoms with Crippen LogP contribution in [0.25, 0.3) is 0 Å². The van der Waals surface area contributed by atoms with Gasteiger partial charge < -0.3 is 9.84 Å². The summed E-state index contributed by atoms with van der Waals surface area (Å²) in [4.78, 5) is 22.4. The quantitative estimate of drug-likeness (QED) is 0.549. The van der Waals surface area contributed by atoms with Crippen LogP contribution in [0.15, 0.2) is 0 Å². The van der Waals surface area contributed by atoms with Gasteiger partial charge in [0, 0.05) is 0 Å². The van der Waals surface area contributed by atoms with E-state index in [4.69, 9.17) is 14.4 Å². The molecule has 2 N–H and O–H groups in total. The number of hydrogen-bond acceptors (Lipinski definition) is 5. The average molecular weight is 280 g/mol. The second kappa shape index (κ2) is 6.14. The zero-order valence-electron chi connectivity index (χ0n) is 9.74. The fraction of sp³-hybridized carbons (Fsp3) is 0.800. The van der Waals surface area contributed by atoms with Crippen molar-refractivity contribution >= 4 is 22.1 Å². The molecular formula is C10H16O7S. The topological polar surface area (TPSA) is 118 Å². The van der Waals surface area contributed by atoms with E-state index >= 15 is 0 Å². The number of hydrogen-bond donors (Lipinski definition) is 2. The van der Waals surface area contributed by atoms with E-state index in [2.05, 4.69) is 0 Å². The summed E-state index contributed by atoms with van der Waals surface area (Å²) in [5.74, 6) is -3.21. The summed E-state index contributed by atoms with van der Waals surface area (Å²) in [6, 6.07) is 0. The summed E-state index contributed by atoms with van der Waals surface area (Å²) in [6.45, 7) is -0.411. The highest BCUT2D eigenvalue weighted by Crippen LogP contribution is 2.29. The molecule has 0 spiro atoms. The Morgan fingerprint density at radius 1 is 1.22 bits per heavy atom. The second-order valence-electron chi connectivity index (χ2n) is 4.35. The van der Waals surface area contributed by atoms with Crippen molar-refractivity contribution in [2.45, 2.75) is 25.7 Å². The molecule has 2 atom stereocenters.